The molecule has 0 radical (unpaired) electrons. The number of thioether (sulfide) groups is 2. The molecule has 1 atom stereocenters. The van der Waals surface area contributed by atoms with Crippen LogP contribution in [0.25, 0.3) is 5.57 Å². The summed E-state index contributed by atoms with van der Waals surface area (Å²) in [5.74, 6) is 0.863. The van der Waals surface area contributed by atoms with Gasteiger partial charge in [-0.05, 0) is 42.9 Å². The first-order valence-electron chi connectivity index (χ1n) is 11.6. The molecule has 1 unspecified atom stereocenters. The summed E-state index contributed by atoms with van der Waals surface area (Å²) in [4.78, 5) is 2.24. The van der Waals surface area contributed by atoms with Crippen LogP contribution in [0.3, 0.4) is 0 Å². The van der Waals surface area contributed by atoms with E-state index in [1.165, 1.54) is 0 Å². The smallest absolute Gasteiger partial charge is 0.301 e. The van der Waals surface area contributed by atoms with Gasteiger partial charge in [-0.25, -0.2) is 0 Å². The summed E-state index contributed by atoms with van der Waals surface area (Å²) < 4.78 is 57.1. The molecule has 196 valence electrons. The van der Waals surface area contributed by atoms with E-state index < -0.39 is 21.5 Å². The normalized spacial score (nSPS) is 13.7. The first-order valence-corrected chi connectivity index (χ1v) is 16.2. The number of benzene rings is 3. The van der Waals surface area contributed by atoms with Crippen molar-refractivity contribution in [2.24, 2.45) is 0 Å². The summed E-state index contributed by atoms with van der Waals surface area (Å²) in [5, 5.41) is 0. The number of para-hydroxylation sites is 3. The van der Waals surface area contributed by atoms with Crippen LogP contribution in [-0.2, 0) is 25.7 Å². The van der Waals surface area contributed by atoms with Crippen LogP contribution in [0.15, 0.2) is 83.1 Å². The van der Waals surface area contributed by atoms with Gasteiger partial charge in [-0.2, -0.15) is 12.6 Å². The van der Waals surface area contributed by atoms with E-state index in [1.54, 1.807) is 23.5 Å². The highest BCUT2D eigenvalue weighted by Gasteiger charge is 2.29. The monoisotopic (exact) mass is 577 g/mol. The van der Waals surface area contributed by atoms with E-state index in [9.17, 15) is 12.6 Å². The Hall–Kier alpha value is -2.12. The van der Waals surface area contributed by atoms with Gasteiger partial charge in [-0.15, -0.1) is 23.5 Å². The van der Waals surface area contributed by atoms with E-state index in [2.05, 4.69) is 41.3 Å². The third kappa shape index (κ3) is 7.47. The van der Waals surface area contributed by atoms with E-state index in [4.69, 9.17) is 13.3 Å². The van der Waals surface area contributed by atoms with Crippen molar-refractivity contribution < 1.29 is 25.9 Å². The van der Waals surface area contributed by atoms with E-state index in [0.29, 0.717) is 24.3 Å². The molecule has 0 aromatic heterocycles. The third-order valence-electron chi connectivity index (χ3n) is 5.53. The lowest BCUT2D eigenvalue weighted by molar-refractivity contribution is 0.308. The Morgan fingerprint density at radius 2 is 1.38 bits per heavy atom. The molecule has 3 aromatic rings. The Labute approximate surface area is 228 Å². The van der Waals surface area contributed by atoms with E-state index in [-0.39, 0.29) is 12.4 Å². The molecule has 0 spiro atoms. The Bertz CT molecular complexity index is 1330. The number of nitrogens with zero attached hydrogens (tertiary/aromatic N) is 1. The van der Waals surface area contributed by atoms with Crippen molar-refractivity contribution in [2.75, 3.05) is 28.8 Å². The molecule has 11 heteroatoms. The lowest BCUT2D eigenvalue weighted by Gasteiger charge is -2.35. The maximum absolute atomic E-state index is 11.2. The summed E-state index contributed by atoms with van der Waals surface area (Å²) in [7, 11) is -4.03. The van der Waals surface area contributed by atoms with Gasteiger partial charge in [-0.1, -0.05) is 54.6 Å². The Kier molecular flexibility index (Phi) is 9.88. The fourth-order valence-corrected chi connectivity index (χ4v) is 7.49. The van der Waals surface area contributed by atoms with Crippen molar-refractivity contribution in [2.45, 2.75) is 12.8 Å². The molecule has 0 bridgehead atoms. The van der Waals surface area contributed by atoms with Crippen LogP contribution in [0.4, 0.5) is 17.1 Å². The summed E-state index contributed by atoms with van der Waals surface area (Å²) in [6.07, 6.45) is 0.881. The largest absolute Gasteiger partial charge is 0.309 e. The molecular weight excluding hydrogens is 551 g/mol. The zero-order valence-corrected chi connectivity index (χ0v) is 23.1. The van der Waals surface area contributed by atoms with Crippen molar-refractivity contribution in [1.82, 2.24) is 0 Å². The zero-order valence-electron chi connectivity index (χ0n) is 19.9. The highest BCUT2D eigenvalue weighted by atomic mass is 32.2. The van der Waals surface area contributed by atoms with Gasteiger partial charge in [-0.3, -0.25) is 13.3 Å². The van der Waals surface area contributed by atoms with Crippen LogP contribution in [0.2, 0.25) is 0 Å². The van der Waals surface area contributed by atoms with E-state index in [0.717, 1.165) is 38.0 Å². The number of hydrogen-bond donors (Lipinski definition) is 2. The van der Waals surface area contributed by atoms with Crippen LogP contribution in [-0.4, -0.2) is 45.6 Å². The summed E-state index contributed by atoms with van der Waals surface area (Å²) in [6, 6.07) is 26.6. The van der Waals surface area contributed by atoms with Gasteiger partial charge in [0.05, 0.1) is 23.7 Å². The number of hydrogen-bond acceptors (Lipinski definition) is 7. The molecule has 4 rings (SSSR count). The quantitative estimate of drug-likeness (QED) is 0.111. The maximum atomic E-state index is 11.2. The second-order valence-corrected chi connectivity index (χ2v) is 12.8. The van der Waals surface area contributed by atoms with Crippen LogP contribution in [0.1, 0.15) is 24.0 Å². The molecule has 0 fully saturated rings. The predicted molar refractivity (Wildman–Crippen MR) is 154 cm³/mol. The van der Waals surface area contributed by atoms with Gasteiger partial charge < -0.3 is 4.90 Å². The van der Waals surface area contributed by atoms with Gasteiger partial charge in [0.25, 0.3) is 10.1 Å². The van der Waals surface area contributed by atoms with Crippen molar-refractivity contribution >= 4 is 67.6 Å². The van der Waals surface area contributed by atoms with Crippen molar-refractivity contribution in [3.8, 4) is 0 Å². The molecule has 0 saturated carbocycles. The zero-order chi connectivity index (χ0) is 26.3. The third-order valence-corrected chi connectivity index (χ3v) is 9.33. The predicted octanol–water partition coefficient (Wildman–Crippen LogP) is 6.47. The topological polar surface area (TPSA) is 104 Å². The molecule has 1 aliphatic rings. The van der Waals surface area contributed by atoms with Gasteiger partial charge in [0.1, 0.15) is 0 Å². The molecule has 0 aliphatic carbocycles. The van der Waals surface area contributed by atoms with Crippen LogP contribution < -0.4 is 4.90 Å². The highest BCUT2D eigenvalue weighted by Crippen LogP contribution is 2.52. The Morgan fingerprint density at radius 1 is 0.838 bits per heavy atom. The van der Waals surface area contributed by atoms with E-state index >= 15 is 0 Å². The molecular formula is C26H27NO6S4. The second-order valence-electron chi connectivity index (χ2n) is 8.10. The summed E-state index contributed by atoms with van der Waals surface area (Å²) >= 11 is 0.876. The number of fused-ring (bicyclic) bond motifs is 2. The second kappa shape index (κ2) is 13.1. The number of rotatable bonds is 12. The standard InChI is InChI=1S/C26H27NO6S4/c28-36(29)33-16-8-17-34-26(35-18-9-19-37(30,31)32)25-21-12-4-6-14-23(21)27(20-10-2-1-3-11-20)24-15-7-5-13-22(24)25/h1-7,10-15H,8-9,16-19H2,(H,28,29)(H,30,31,32). The molecule has 37 heavy (non-hydrogen) atoms. The molecule has 3 aromatic carbocycles. The average Bonchev–Trinajstić information content (AvgIpc) is 2.88. The summed E-state index contributed by atoms with van der Waals surface area (Å²) in [5.41, 5.74) is 6.30. The Balaban J connectivity index is 1.75. The van der Waals surface area contributed by atoms with Crippen molar-refractivity contribution in [3.05, 3.63) is 94.2 Å². The van der Waals surface area contributed by atoms with Crippen LogP contribution in [0.5, 0.6) is 0 Å². The van der Waals surface area contributed by atoms with Crippen LogP contribution in [0, 0.1) is 0 Å². The molecule has 1 heterocycles. The SMILES string of the molecule is O=S(O)OCCCSC(SCCCS(=O)(=O)O)=C1c2ccccc2N(c2ccccc2)c2ccccc21. The van der Waals surface area contributed by atoms with E-state index in [1.807, 2.05) is 42.5 Å². The maximum Gasteiger partial charge on any atom is 0.301 e. The molecule has 1 aliphatic heterocycles. The fraction of sp³-hybridized carbons (Fsp3) is 0.231. The molecule has 2 N–H and O–H groups in total. The van der Waals surface area contributed by atoms with Crippen molar-refractivity contribution in [1.29, 1.82) is 0 Å². The highest BCUT2D eigenvalue weighted by molar-refractivity contribution is 8.22. The average molecular weight is 578 g/mol. The summed E-state index contributed by atoms with van der Waals surface area (Å²) in [6.45, 7) is 0.154. The van der Waals surface area contributed by atoms with Crippen molar-refractivity contribution in [3.63, 3.8) is 0 Å². The number of anilines is 3. The molecule has 7 nitrogen and oxygen atoms in total. The lowest BCUT2D eigenvalue weighted by Crippen LogP contribution is -2.18. The molecule has 0 amide bonds. The minimum Gasteiger partial charge on any atom is -0.309 e. The first-order chi connectivity index (χ1) is 17.8. The lowest BCUT2D eigenvalue weighted by atomic mass is 9.91. The fourth-order valence-electron chi connectivity index (χ4n) is 4.06. The van der Waals surface area contributed by atoms with Gasteiger partial charge in [0, 0.05) is 32.4 Å². The van der Waals surface area contributed by atoms with Gasteiger partial charge in [0.15, 0.2) is 0 Å². The molecule has 0 saturated heterocycles. The minimum atomic E-state index is -4.03. The van der Waals surface area contributed by atoms with Crippen LogP contribution >= 0.6 is 23.5 Å². The van der Waals surface area contributed by atoms with Gasteiger partial charge >= 0.3 is 11.4 Å². The minimum absolute atomic E-state index is 0.154. The van der Waals surface area contributed by atoms with Gasteiger partial charge in [0.2, 0.25) is 0 Å². The first kappa shape index (κ1) is 27.9. The Morgan fingerprint density at radius 3 is 1.95 bits per heavy atom.